The van der Waals surface area contributed by atoms with Crippen LogP contribution in [0, 0.1) is 10.6 Å². The van der Waals surface area contributed by atoms with Crippen LogP contribution in [0.5, 0.6) is 0 Å². The number of rotatable bonds is 6. The number of allylic oxidation sites excluding steroid dienone is 2. The van der Waals surface area contributed by atoms with Crippen LogP contribution < -0.4 is 10.7 Å². The van der Waals surface area contributed by atoms with Crippen molar-refractivity contribution in [2.24, 2.45) is 9.98 Å². The summed E-state index contributed by atoms with van der Waals surface area (Å²) in [6.45, 7) is 19.9. The number of benzene rings is 6. The van der Waals surface area contributed by atoms with Gasteiger partial charge in [-0.15, -0.1) is 0 Å². The van der Waals surface area contributed by atoms with Crippen LogP contribution in [-0.2, 0) is 21.0 Å². The summed E-state index contributed by atoms with van der Waals surface area (Å²) in [5, 5.41) is 5.17. The van der Waals surface area contributed by atoms with Crippen molar-refractivity contribution < 1.29 is 14.3 Å². The Hall–Kier alpha value is -8.16. The normalized spacial score (nSPS) is 14.4. The molecule has 0 atom stereocenters. The molecule has 8 bridgehead atoms. The van der Waals surface area contributed by atoms with Crippen LogP contribution in [0.2, 0.25) is 0 Å². The number of carbonyl (C=O) groups is 2. The van der Waals surface area contributed by atoms with Gasteiger partial charge in [0.15, 0.2) is 12.0 Å². The van der Waals surface area contributed by atoms with Gasteiger partial charge in [-0.3, -0.25) is 4.79 Å². The van der Waals surface area contributed by atoms with Crippen LogP contribution >= 0.6 is 0 Å². The summed E-state index contributed by atoms with van der Waals surface area (Å²) >= 11 is 0. The van der Waals surface area contributed by atoms with E-state index in [2.05, 4.69) is 169 Å². The first-order valence-electron chi connectivity index (χ1n) is 24.4. The number of hydrogen-bond acceptors (Lipinski definition) is 5. The predicted octanol–water partition coefficient (Wildman–Crippen LogP) is 13.5. The smallest absolute Gasteiger partial charge is 0.343 e. The number of H-pyrrole nitrogens is 2. The van der Waals surface area contributed by atoms with E-state index in [9.17, 15) is 9.59 Å². The van der Waals surface area contributed by atoms with Gasteiger partial charge in [0.1, 0.15) is 5.70 Å². The lowest BCUT2D eigenvalue weighted by Gasteiger charge is -2.21. The Morgan fingerprint density at radius 1 is 0.549 bits per heavy atom. The topological polar surface area (TPSA) is 99.7 Å². The maximum atomic E-state index is 14.6. The summed E-state index contributed by atoms with van der Waals surface area (Å²) in [5.41, 5.74) is 13.1. The maximum Gasteiger partial charge on any atom is 0.343 e. The van der Waals surface area contributed by atoms with Crippen molar-refractivity contribution in [1.82, 2.24) is 9.97 Å². The SMILES string of the molecule is CC(C)(C)c1ccc(C2=C3C=CC(=N3)C(c3ccc(C(C)(C)C)cc3)=c3ccc([nH]3)=c3c4c(c(-c5ccccc5)c5cc(C(C)(C)C)ccc35)C(OC(=O)c3ccccc3)=C(N=4)c3cc(C=O)c2[nH]3)cc1. The molecule has 7 heteroatoms. The molecule has 71 heavy (non-hydrogen) atoms. The molecular formula is C64H56N4O3. The lowest BCUT2D eigenvalue weighted by molar-refractivity contribution is 0.0693. The molecule has 11 rings (SSSR count). The molecule has 0 fully saturated rings. The quantitative estimate of drug-likeness (QED) is 0.128. The molecule has 2 N–H and O–H groups in total. The van der Waals surface area contributed by atoms with E-state index < -0.39 is 5.97 Å². The van der Waals surface area contributed by atoms with E-state index in [1.807, 2.05) is 48.5 Å². The highest BCUT2D eigenvalue weighted by atomic mass is 16.5. The number of hydrogen-bond donors (Lipinski definition) is 2. The molecule has 0 spiro atoms. The molecule has 8 aromatic rings. The Morgan fingerprint density at radius 3 is 1.76 bits per heavy atom. The molecule has 3 aliphatic rings. The van der Waals surface area contributed by atoms with Gasteiger partial charge in [-0.05, 0) is 109 Å². The summed E-state index contributed by atoms with van der Waals surface area (Å²) in [6.07, 6.45) is 4.99. The second kappa shape index (κ2) is 16.8. The Bertz CT molecular complexity index is 3880. The lowest BCUT2D eigenvalue weighted by atomic mass is 9.83. The van der Waals surface area contributed by atoms with Crippen LogP contribution in [0.15, 0.2) is 173 Å². The Labute approximate surface area is 414 Å². The molecule has 0 amide bonds. The average Bonchev–Trinajstić information content (AvgIpc) is 4.18. The molecular weight excluding hydrogens is 873 g/mol. The highest BCUT2D eigenvalue weighted by Gasteiger charge is 2.33. The minimum Gasteiger partial charge on any atom is -0.420 e. The van der Waals surface area contributed by atoms with Crippen LogP contribution in [0.3, 0.4) is 0 Å². The second-order valence-corrected chi connectivity index (χ2v) is 21.9. The van der Waals surface area contributed by atoms with Gasteiger partial charge in [-0.25, -0.2) is 14.8 Å². The molecule has 6 aromatic carbocycles. The van der Waals surface area contributed by atoms with E-state index in [-0.39, 0.29) is 22.0 Å². The zero-order chi connectivity index (χ0) is 49.6. The summed E-state index contributed by atoms with van der Waals surface area (Å²) < 4.78 is 6.76. The fourth-order valence-electron chi connectivity index (χ4n) is 10.1. The first-order chi connectivity index (χ1) is 34.0. The number of esters is 1. The Balaban J connectivity index is 1.34. The third kappa shape index (κ3) is 7.96. The molecule has 350 valence electrons. The fraction of sp³-hybridized carbons (Fsp3) is 0.188. The number of ether oxygens (including phenoxy) is 1. The van der Waals surface area contributed by atoms with Gasteiger partial charge >= 0.3 is 5.97 Å². The van der Waals surface area contributed by atoms with E-state index in [1.165, 1.54) is 11.1 Å². The minimum absolute atomic E-state index is 0.0429. The third-order valence-corrected chi connectivity index (χ3v) is 14.0. The number of fused-ring (bicyclic) bond motifs is 9. The number of aromatic nitrogens is 2. The average molecular weight is 929 g/mol. The molecule has 7 nitrogen and oxygen atoms in total. The molecule has 0 saturated carbocycles. The highest BCUT2D eigenvalue weighted by molar-refractivity contribution is 6.30. The van der Waals surface area contributed by atoms with Crippen LogP contribution in [0.4, 0.5) is 0 Å². The molecule has 0 radical (unpaired) electrons. The van der Waals surface area contributed by atoms with Crippen LogP contribution in [0.25, 0.3) is 44.5 Å². The first-order valence-corrected chi connectivity index (χ1v) is 24.4. The molecule has 2 aromatic heterocycles. The van der Waals surface area contributed by atoms with Crippen molar-refractivity contribution in [3.63, 3.8) is 0 Å². The molecule has 3 aliphatic heterocycles. The summed E-state index contributed by atoms with van der Waals surface area (Å²) in [4.78, 5) is 46.8. The lowest BCUT2D eigenvalue weighted by Crippen LogP contribution is -2.17. The van der Waals surface area contributed by atoms with Gasteiger partial charge in [-0.1, -0.05) is 172 Å². The zero-order valence-corrected chi connectivity index (χ0v) is 41.7. The maximum absolute atomic E-state index is 14.6. The largest absolute Gasteiger partial charge is 0.420 e. The van der Waals surface area contributed by atoms with Crippen molar-refractivity contribution >= 4 is 51.3 Å². The van der Waals surface area contributed by atoms with E-state index in [4.69, 9.17) is 14.7 Å². The number of aromatic amines is 2. The van der Waals surface area contributed by atoms with E-state index in [1.54, 1.807) is 12.1 Å². The number of aliphatic imine (C=N–C) groups is 1. The summed E-state index contributed by atoms with van der Waals surface area (Å²) in [7, 11) is 0. The monoisotopic (exact) mass is 928 g/mol. The van der Waals surface area contributed by atoms with Crippen molar-refractivity contribution in [2.45, 2.75) is 78.6 Å². The predicted molar refractivity (Wildman–Crippen MR) is 288 cm³/mol. The van der Waals surface area contributed by atoms with Gasteiger partial charge in [0.2, 0.25) is 0 Å². The first kappa shape index (κ1) is 45.3. The van der Waals surface area contributed by atoms with E-state index in [0.29, 0.717) is 44.8 Å². The molecule has 0 unspecified atom stereocenters. The number of aldehydes is 1. The van der Waals surface area contributed by atoms with Crippen molar-refractivity contribution in [2.75, 3.05) is 0 Å². The zero-order valence-electron chi connectivity index (χ0n) is 41.7. The second-order valence-electron chi connectivity index (χ2n) is 21.9. The summed E-state index contributed by atoms with van der Waals surface area (Å²) in [6, 6.07) is 49.4. The molecule has 5 heterocycles. The van der Waals surface area contributed by atoms with Crippen LogP contribution in [0.1, 0.15) is 128 Å². The fourth-order valence-corrected chi connectivity index (χ4v) is 10.1. The number of nitrogens with one attached hydrogen (secondary N) is 2. The third-order valence-electron chi connectivity index (χ3n) is 14.0. The Kier molecular flexibility index (Phi) is 10.7. The van der Waals surface area contributed by atoms with Gasteiger partial charge in [0, 0.05) is 38.2 Å². The highest BCUT2D eigenvalue weighted by Crippen LogP contribution is 2.44. The number of nitrogens with zero attached hydrogens (tertiary/aromatic N) is 2. The number of carbonyl (C=O) groups excluding carboxylic acids is 2. The molecule has 0 saturated heterocycles. The standard InChI is InChI=1S/C64H56N4O3/c1-62(2,3)42-24-20-38(21-25-42)53-47-30-32-49(65-47)54(39-22-26-43(27-23-39)63(4,5)6)57-41(36-69)34-51(67-57)58-60(71-61(70)40-18-14-11-15-19-40)56-52(37-16-12-10-13-17-37)46-35-44(64(7,8)9)28-29-45(46)55(59(56)68-58)50-33-31-48(53)66-50/h10-36,66-67H,1-9H3. The van der Waals surface area contributed by atoms with Crippen molar-refractivity contribution in [1.29, 1.82) is 0 Å². The van der Waals surface area contributed by atoms with Gasteiger partial charge in [0.05, 0.1) is 39.3 Å². The van der Waals surface area contributed by atoms with Gasteiger partial charge in [0.25, 0.3) is 0 Å². The van der Waals surface area contributed by atoms with Crippen molar-refractivity contribution in [3.8, 4) is 11.1 Å². The Morgan fingerprint density at radius 2 is 1.14 bits per heavy atom. The van der Waals surface area contributed by atoms with Crippen molar-refractivity contribution in [3.05, 3.63) is 241 Å². The van der Waals surface area contributed by atoms with Gasteiger partial charge in [-0.2, -0.15) is 0 Å². The van der Waals surface area contributed by atoms with E-state index >= 15 is 0 Å². The molecule has 0 aliphatic carbocycles. The van der Waals surface area contributed by atoms with Gasteiger partial charge < -0.3 is 14.7 Å². The van der Waals surface area contributed by atoms with Crippen LogP contribution in [-0.4, -0.2) is 27.9 Å². The summed E-state index contributed by atoms with van der Waals surface area (Å²) in [5.74, 6) is -0.238. The minimum atomic E-state index is -0.527. The van der Waals surface area contributed by atoms with E-state index in [0.717, 1.165) is 77.7 Å².